The lowest BCUT2D eigenvalue weighted by atomic mass is 10.1. The summed E-state index contributed by atoms with van der Waals surface area (Å²) in [6, 6.07) is 6.05. The number of hydrazone groups is 1. The van der Waals surface area contributed by atoms with Crippen molar-refractivity contribution in [3.8, 4) is 17.4 Å². The van der Waals surface area contributed by atoms with Crippen molar-refractivity contribution >= 4 is 40.3 Å². The maximum absolute atomic E-state index is 13.4. The first-order valence-corrected chi connectivity index (χ1v) is 11.5. The molecule has 3 aromatic rings. The predicted molar refractivity (Wildman–Crippen MR) is 133 cm³/mol. The van der Waals surface area contributed by atoms with E-state index >= 15 is 0 Å². The van der Waals surface area contributed by atoms with Crippen LogP contribution >= 0.6 is 11.6 Å². The Morgan fingerprint density at radius 3 is 2.57 bits per heavy atom. The highest BCUT2D eigenvalue weighted by atomic mass is 35.5. The lowest BCUT2D eigenvalue weighted by molar-refractivity contribution is -0.189. The molecule has 1 atom stereocenters. The van der Waals surface area contributed by atoms with Crippen molar-refractivity contribution in [3.63, 3.8) is 0 Å². The van der Waals surface area contributed by atoms with Crippen LogP contribution in [0.3, 0.4) is 0 Å². The number of aliphatic hydroxyl groups excluding tert-OH is 1. The summed E-state index contributed by atoms with van der Waals surface area (Å²) < 4.78 is 51.6. The van der Waals surface area contributed by atoms with Crippen molar-refractivity contribution in [1.82, 2.24) is 14.9 Å². The van der Waals surface area contributed by atoms with E-state index in [0.717, 1.165) is 6.92 Å². The van der Waals surface area contributed by atoms with Crippen LogP contribution in [0.15, 0.2) is 41.8 Å². The molecule has 0 spiro atoms. The second-order valence-electron chi connectivity index (χ2n) is 7.86. The molecule has 0 saturated heterocycles. The highest BCUT2D eigenvalue weighted by molar-refractivity contribution is 6.32. The Kier molecular flexibility index (Phi) is 8.77. The number of anilines is 1. The molecule has 37 heavy (non-hydrogen) atoms. The van der Waals surface area contributed by atoms with Crippen LogP contribution in [0.1, 0.15) is 19.5 Å². The Morgan fingerprint density at radius 1 is 1.27 bits per heavy atom. The number of rotatable bonds is 9. The number of alkyl halides is 3. The lowest BCUT2D eigenvalue weighted by Gasteiger charge is -2.23. The molecular weight excluding hydrogens is 515 g/mol. The Labute approximate surface area is 216 Å². The molecule has 13 heteroatoms. The second kappa shape index (κ2) is 11.6. The molecular formula is C24H25ClF3N5O4. The number of hydrogen-bond donors (Lipinski definition) is 1. The molecule has 1 amide bonds. The molecule has 1 unspecified atom stereocenters. The summed E-state index contributed by atoms with van der Waals surface area (Å²) in [7, 11) is 1.52. The minimum Gasteiger partial charge on any atom is -0.480 e. The van der Waals surface area contributed by atoms with Crippen LogP contribution in [-0.4, -0.2) is 64.7 Å². The maximum atomic E-state index is 13.4. The Balaban J connectivity index is 2.18. The highest BCUT2D eigenvalue weighted by Gasteiger charge is 2.38. The summed E-state index contributed by atoms with van der Waals surface area (Å²) in [6.07, 6.45) is -3.37. The SMILES string of the molecule is CCN(C=O)/C(CO)=N\N(C)c1cc(OC(C)C(F)(F)F)c2c(Oc3c(Cl)ccnc3C)nccc2c1. The van der Waals surface area contributed by atoms with E-state index in [-0.39, 0.29) is 40.2 Å². The number of hydrogen-bond acceptors (Lipinski definition) is 8. The van der Waals surface area contributed by atoms with Gasteiger partial charge in [0, 0.05) is 32.1 Å². The van der Waals surface area contributed by atoms with Gasteiger partial charge in [-0.3, -0.25) is 19.7 Å². The zero-order chi connectivity index (χ0) is 27.3. The number of aliphatic hydroxyl groups is 1. The number of nitrogens with zero attached hydrogens (tertiary/aromatic N) is 5. The first-order chi connectivity index (χ1) is 17.5. The van der Waals surface area contributed by atoms with E-state index < -0.39 is 18.9 Å². The van der Waals surface area contributed by atoms with Gasteiger partial charge < -0.3 is 14.6 Å². The molecule has 1 N–H and O–H groups in total. The Bertz CT molecular complexity index is 1290. The number of halogens is 4. The smallest absolute Gasteiger partial charge is 0.425 e. The normalized spacial score (nSPS) is 12.8. The Morgan fingerprint density at radius 2 is 1.97 bits per heavy atom. The number of amides is 1. The third kappa shape index (κ3) is 6.38. The molecule has 0 aliphatic carbocycles. The van der Waals surface area contributed by atoms with Crippen LogP contribution in [-0.2, 0) is 4.79 Å². The molecule has 0 aliphatic rings. The minimum atomic E-state index is -4.64. The number of fused-ring (bicyclic) bond motifs is 1. The number of likely N-dealkylation sites (N-methyl/N-ethyl adjacent to an activating group) is 1. The molecule has 0 radical (unpaired) electrons. The predicted octanol–water partition coefficient (Wildman–Crippen LogP) is 4.93. The molecule has 9 nitrogen and oxygen atoms in total. The minimum absolute atomic E-state index is 0.0354. The number of amidine groups is 1. The topological polar surface area (TPSA) is 100 Å². The number of aryl methyl sites for hydroxylation is 1. The summed E-state index contributed by atoms with van der Waals surface area (Å²) in [4.78, 5) is 20.8. The molecule has 1 aromatic carbocycles. The lowest BCUT2D eigenvalue weighted by Crippen LogP contribution is -2.34. The van der Waals surface area contributed by atoms with Crippen molar-refractivity contribution < 1.29 is 32.5 Å². The van der Waals surface area contributed by atoms with Gasteiger partial charge in [-0.15, -0.1) is 0 Å². The van der Waals surface area contributed by atoms with Crippen LogP contribution in [0.25, 0.3) is 10.8 Å². The summed E-state index contributed by atoms with van der Waals surface area (Å²) in [6.45, 7) is 3.97. The van der Waals surface area contributed by atoms with Crippen molar-refractivity contribution in [2.75, 3.05) is 25.2 Å². The molecule has 3 rings (SSSR count). The number of benzene rings is 1. The standard InChI is InChI=1S/C24H25ClF3N5O4/c1-5-33(13-35)20(12-34)31-32(4)17-10-16-6-8-30-23(37-22-14(2)29-9-7-18(22)25)21(16)19(11-17)36-15(3)24(26,27)28/h6-11,13,15,34H,5,12H2,1-4H3/b31-20-. The van der Waals surface area contributed by atoms with Crippen molar-refractivity contribution in [3.05, 3.63) is 47.4 Å². The number of carbonyl (C=O) groups excluding carboxylic acids is 1. The van der Waals surface area contributed by atoms with Crippen molar-refractivity contribution in [1.29, 1.82) is 0 Å². The first-order valence-electron chi connectivity index (χ1n) is 11.1. The van der Waals surface area contributed by atoms with Gasteiger partial charge in [0.2, 0.25) is 12.3 Å². The average molecular weight is 540 g/mol. The molecule has 0 bridgehead atoms. The van der Waals surface area contributed by atoms with Crippen LogP contribution in [0, 0.1) is 6.92 Å². The van der Waals surface area contributed by atoms with Gasteiger partial charge in [0.15, 0.2) is 17.7 Å². The number of aromatic nitrogens is 2. The summed E-state index contributed by atoms with van der Waals surface area (Å²) >= 11 is 6.25. The molecule has 0 saturated carbocycles. The van der Waals surface area contributed by atoms with Crippen LogP contribution in [0.5, 0.6) is 17.4 Å². The van der Waals surface area contributed by atoms with Crippen LogP contribution in [0.2, 0.25) is 5.02 Å². The van der Waals surface area contributed by atoms with Gasteiger partial charge in [-0.1, -0.05) is 11.6 Å². The largest absolute Gasteiger partial charge is 0.480 e. The molecule has 0 aliphatic heterocycles. The third-order valence-corrected chi connectivity index (χ3v) is 5.65. The van der Waals surface area contributed by atoms with Gasteiger partial charge >= 0.3 is 6.18 Å². The van der Waals surface area contributed by atoms with E-state index in [2.05, 4.69) is 15.1 Å². The molecule has 2 aromatic heterocycles. The quantitative estimate of drug-likeness (QED) is 0.178. The van der Waals surface area contributed by atoms with E-state index in [1.165, 1.54) is 41.5 Å². The summed E-state index contributed by atoms with van der Waals surface area (Å²) in [5.41, 5.74) is 0.771. The zero-order valence-corrected chi connectivity index (χ0v) is 21.2. The van der Waals surface area contributed by atoms with E-state index in [0.29, 0.717) is 23.2 Å². The second-order valence-corrected chi connectivity index (χ2v) is 8.27. The van der Waals surface area contributed by atoms with Gasteiger partial charge in [-0.25, -0.2) is 4.98 Å². The molecule has 198 valence electrons. The zero-order valence-electron chi connectivity index (χ0n) is 20.5. The third-order valence-electron chi connectivity index (χ3n) is 5.36. The summed E-state index contributed by atoms with van der Waals surface area (Å²) in [5.74, 6) is 0.0396. The Hall–Kier alpha value is -3.64. The van der Waals surface area contributed by atoms with Gasteiger partial charge in [-0.2, -0.15) is 18.3 Å². The maximum Gasteiger partial charge on any atom is 0.425 e. The van der Waals surface area contributed by atoms with Gasteiger partial charge in [0.25, 0.3) is 0 Å². The van der Waals surface area contributed by atoms with Gasteiger partial charge in [0.1, 0.15) is 12.4 Å². The monoisotopic (exact) mass is 539 g/mol. The van der Waals surface area contributed by atoms with E-state index in [1.807, 2.05) is 0 Å². The number of carbonyl (C=O) groups is 1. The average Bonchev–Trinajstić information content (AvgIpc) is 2.85. The van der Waals surface area contributed by atoms with E-state index in [1.54, 1.807) is 26.0 Å². The van der Waals surface area contributed by atoms with Gasteiger partial charge in [0.05, 0.1) is 21.8 Å². The number of ether oxygens (including phenoxy) is 2. The number of pyridine rings is 2. The fourth-order valence-corrected chi connectivity index (χ4v) is 3.55. The first kappa shape index (κ1) is 27.9. The van der Waals surface area contributed by atoms with Crippen molar-refractivity contribution in [2.45, 2.75) is 33.1 Å². The summed E-state index contributed by atoms with van der Waals surface area (Å²) in [5, 5.41) is 16.1. The fourth-order valence-electron chi connectivity index (χ4n) is 3.32. The highest BCUT2D eigenvalue weighted by Crippen LogP contribution is 2.41. The van der Waals surface area contributed by atoms with Gasteiger partial charge in [-0.05, 0) is 44.4 Å². The van der Waals surface area contributed by atoms with Crippen LogP contribution in [0.4, 0.5) is 18.9 Å². The van der Waals surface area contributed by atoms with Crippen molar-refractivity contribution in [2.24, 2.45) is 5.10 Å². The fraction of sp³-hybridized carbons (Fsp3) is 0.333. The van der Waals surface area contributed by atoms with Crippen LogP contribution < -0.4 is 14.5 Å². The molecule has 0 fully saturated rings. The van der Waals surface area contributed by atoms with E-state index in [4.69, 9.17) is 21.1 Å². The molecule has 2 heterocycles. The van der Waals surface area contributed by atoms with E-state index in [9.17, 15) is 23.1 Å².